The van der Waals surface area contributed by atoms with Crippen molar-refractivity contribution >= 4 is 40.6 Å². The molecule has 8 heteroatoms. The van der Waals surface area contributed by atoms with E-state index in [9.17, 15) is 13.6 Å². The molecule has 24 heavy (non-hydrogen) atoms. The number of anilines is 2. The van der Waals surface area contributed by atoms with Crippen molar-refractivity contribution in [2.24, 2.45) is 0 Å². The van der Waals surface area contributed by atoms with E-state index in [0.29, 0.717) is 18.4 Å². The van der Waals surface area contributed by atoms with Gasteiger partial charge in [-0.1, -0.05) is 24.4 Å². The fourth-order valence-electron chi connectivity index (χ4n) is 3.69. The van der Waals surface area contributed by atoms with Gasteiger partial charge in [-0.15, -0.1) is 0 Å². The highest BCUT2D eigenvalue weighted by Gasteiger charge is 2.55. The standard InChI is InChI=1S/C16H11Cl2F2N3O/c17-12-11-13(22-15(18)21-12)23(8-3-4-9(19)10(20)7-8)14(24)16(11)5-1-2-6-16/h3-4,7H,1-2,5-6H2. The van der Waals surface area contributed by atoms with E-state index < -0.39 is 17.0 Å². The monoisotopic (exact) mass is 369 g/mol. The van der Waals surface area contributed by atoms with Crippen LogP contribution in [0.2, 0.25) is 10.4 Å². The Hall–Kier alpha value is -1.79. The van der Waals surface area contributed by atoms with Gasteiger partial charge in [0, 0.05) is 11.6 Å². The second-order valence-corrected chi connectivity index (χ2v) is 6.71. The fourth-order valence-corrected chi connectivity index (χ4v) is 4.25. The zero-order valence-corrected chi connectivity index (χ0v) is 13.8. The third-order valence-electron chi connectivity index (χ3n) is 4.74. The van der Waals surface area contributed by atoms with Gasteiger partial charge in [0.2, 0.25) is 11.2 Å². The quantitative estimate of drug-likeness (QED) is 0.547. The predicted molar refractivity (Wildman–Crippen MR) is 85.7 cm³/mol. The Kier molecular flexibility index (Phi) is 3.51. The summed E-state index contributed by atoms with van der Waals surface area (Å²) >= 11 is 12.2. The second-order valence-electron chi connectivity index (χ2n) is 6.01. The molecule has 0 saturated heterocycles. The SMILES string of the molecule is O=C1N(c2ccc(F)c(F)c2)c2nc(Cl)nc(Cl)c2C12CCCC2. The Labute approximate surface area is 146 Å². The number of aromatic nitrogens is 2. The molecule has 0 atom stereocenters. The van der Waals surface area contributed by atoms with Crippen LogP contribution in [-0.2, 0) is 10.2 Å². The molecule has 1 aromatic heterocycles. The number of fused-ring (bicyclic) bond motifs is 2. The van der Waals surface area contributed by atoms with Crippen molar-refractivity contribution in [2.45, 2.75) is 31.1 Å². The number of carbonyl (C=O) groups excluding carboxylic acids is 1. The molecule has 4 nitrogen and oxygen atoms in total. The molecule has 1 aliphatic heterocycles. The number of rotatable bonds is 1. The van der Waals surface area contributed by atoms with Crippen molar-refractivity contribution in [1.82, 2.24) is 9.97 Å². The van der Waals surface area contributed by atoms with E-state index in [-0.39, 0.29) is 27.8 Å². The summed E-state index contributed by atoms with van der Waals surface area (Å²) in [5.74, 6) is -2.03. The molecule has 0 bridgehead atoms. The molecule has 4 rings (SSSR count). The summed E-state index contributed by atoms with van der Waals surface area (Å²) < 4.78 is 26.9. The zero-order valence-electron chi connectivity index (χ0n) is 12.3. The van der Waals surface area contributed by atoms with Crippen molar-refractivity contribution in [1.29, 1.82) is 0 Å². The lowest BCUT2D eigenvalue weighted by Crippen LogP contribution is -2.36. The van der Waals surface area contributed by atoms with Crippen LogP contribution in [0, 0.1) is 11.6 Å². The number of halogens is 4. The van der Waals surface area contributed by atoms with Gasteiger partial charge in [-0.2, -0.15) is 4.98 Å². The molecular weight excluding hydrogens is 359 g/mol. The lowest BCUT2D eigenvalue weighted by Gasteiger charge is -2.23. The first-order chi connectivity index (χ1) is 11.4. The number of carbonyl (C=O) groups is 1. The minimum absolute atomic E-state index is 0.103. The van der Waals surface area contributed by atoms with E-state index in [0.717, 1.165) is 25.0 Å². The first kappa shape index (κ1) is 15.7. The van der Waals surface area contributed by atoms with Crippen molar-refractivity contribution < 1.29 is 13.6 Å². The number of hydrogen-bond acceptors (Lipinski definition) is 3. The minimum Gasteiger partial charge on any atom is -0.273 e. The summed E-state index contributed by atoms with van der Waals surface area (Å²) in [5.41, 5.74) is -0.0995. The van der Waals surface area contributed by atoms with Gasteiger partial charge in [0.25, 0.3) is 0 Å². The van der Waals surface area contributed by atoms with Crippen molar-refractivity contribution in [3.8, 4) is 0 Å². The Morgan fingerprint density at radius 3 is 2.46 bits per heavy atom. The summed E-state index contributed by atoms with van der Waals surface area (Å²) in [6, 6.07) is 3.27. The van der Waals surface area contributed by atoms with Crippen LogP contribution >= 0.6 is 23.2 Å². The van der Waals surface area contributed by atoms with Gasteiger partial charge < -0.3 is 0 Å². The average molecular weight is 370 g/mol. The van der Waals surface area contributed by atoms with E-state index in [1.54, 1.807) is 0 Å². The maximum Gasteiger partial charge on any atom is 0.243 e. The van der Waals surface area contributed by atoms with Crippen LogP contribution in [0.5, 0.6) is 0 Å². The maximum absolute atomic E-state index is 13.7. The molecule has 2 aliphatic rings. The third kappa shape index (κ3) is 2.06. The summed E-state index contributed by atoms with van der Waals surface area (Å²) in [7, 11) is 0. The van der Waals surface area contributed by atoms with Crippen LogP contribution in [-0.4, -0.2) is 15.9 Å². The molecule has 0 radical (unpaired) electrons. The molecule has 1 aliphatic carbocycles. The maximum atomic E-state index is 13.7. The van der Waals surface area contributed by atoms with E-state index in [1.165, 1.54) is 11.0 Å². The second kappa shape index (κ2) is 5.36. The first-order valence-corrected chi connectivity index (χ1v) is 8.23. The van der Waals surface area contributed by atoms with Crippen LogP contribution in [0.4, 0.5) is 20.3 Å². The topological polar surface area (TPSA) is 46.1 Å². The molecule has 2 aromatic rings. The van der Waals surface area contributed by atoms with Crippen molar-refractivity contribution in [3.05, 3.63) is 45.8 Å². The summed E-state index contributed by atoms with van der Waals surface area (Å²) in [6.07, 6.45) is 2.97. The molecular formula is C16H11Cl2F2N3O. The third-order valence-corrected chi connectivity index (χ3v) is 5.18. The number of nitrogens with zero attached hydrogens (tertiary/aromatic N) is 3. The summed E-state index contributed by atoms with van der Waals surface area (Å²) in [5, 5.41) is 0.0273. The normalized spacial score (nSPS) is 18.5. The molecule has 1 spiro atoms. The lowest BCUT2D eigenvalue weighted by molar-refractivity contribution is -0.122. The molecule has 1 saturated carbocycles. The number of amides is 1. The van der Waals surface area contributed by atoms with Gasteiger partial charge >= 0.3 is 0 Å². The molecule has 1 fully saturated rings. The average Bonchev–Trinajstić information content (AvgIpc) is 3.08. The largest absolute Gasteiger partial charge is 0.273 e. The molecule has 1 aromatic carbocycles. The zero-order chi connectivity index (χ0) is 17.1. The Morgan fingerprint density at radius 2 is 1.79 bits per heavy atom. The van der Waals surface area contributed by atoms with Crippen LogP contribution in [0.25, 0.3) is 0 Å². The van der Waals surface area contributed by atoms with Crippen LogP contribution < -0.4 is 4.90 Å². The predicted octanol–water partition coefficient (Wildman–Crippen LogP) is 4.55. The van der Waals surface area contributed by atoms with Gasteiger partial charge in [0.05, 0.1) is 11.1 Å². The minimum atomic E-state index is -1.04. The van der Waals surface area contributed by atoms with Crippen LogP contribution in [0.3, 0.4) is 0 Å². The number of hydrogen-bond donors (Lipinski definition) is 0. The van der Waals surface area contributed by atoms with Gasteiger partial charge in [-0.05, 0) is 36.6 Å². The Morgan fingerprint density at radius 1 is 1.08 bits per heavy atom. The highest BCUT2D eigenvalue weighted by molar-refractivity contribution is 6.34. The molecule has 1 amide bonds. The molecule has 2 heterocycles. The summed E-state index contributed by atoms with van der Waals surface area (Å²) in [4.78, 5) is 22.6. The molecule has 0 unspecified atom stereocenters. The van der Waals surface area contributed by atoms with E-state index >= 15 is 0 Å². The van der Waals surface area contributed by atoms with Gasteiger partial charge in [-0.25, -0.2) is 13.8 Å². The van der Waals surface area contributed by atoms with Gasteiger partial charge in [0.1, 0.15) is 5.15 Å². The van der Waals surface area contributed by atoms with Gasteiger partial charge in [-0.3, -0.25) is 9.69 Å². The smallest absolute Gasteiger partial charge is 0.243 e. The van der Waals surface area contributed by atoms with Crippen molar-refractivity contribution in [3.63, 3.8) is 0 Å². The Balaban J connectivity index is 1.97. The van der Waals surface area contributed by atoms with Crippen molar-refractivity contribution in [2.75, 3.05) is 4.90 Å². The molecule has 0 N–H and O–H groups in total. The van der Waals surface area contributed by atoms with Gasteiger partial charge in [0.15, 0.2) is 17.5 Å². The highest BCUT2D eigenvalue weighted by Crippen LogP contribution is 2.54. The lowest BCUT2D eigenvalue weighted by atomic mass is 9.81. The first-order valence-electron chi connectivity index (χ1n) is 7.47. The van der Waals surface area contributed by atoms with E-state index in [1.807, 2.05) is 0 Å². The van der Waals surface area contributed by atoms with E-state index in [4.69, 9.17) is 23.2 Å². The Bertz CT molecular complexity index is 869. The number of benzene rings is 1. The molecule has 124 valence electrons. The van der Waals surface area contributed by atoms with E-state index in [2.05, 4.69) is 9.97 Å². The highest BCUT2D eigenvalue weighted by atomic mass is 35.5. The summed E-state index contributed by atoms with van der Waals surface area (Å²) in [6.45, 7) is 0. The van der Waals surface area contributed by atoms with Crippen LogP contribution in [0.15, 0.2) is 18.2 Å². The fraction of sp³-hybridized carbons (Fsp3) is 0.312. The van der Waals surface area contributed by atoms with Crippen LogP contribution in [0.1, 0.15) is 31.2 Å².